The second-order valence-electron chi connectivity index (χ2n) is 8.28. The molecule has 0 aliphatic carbocycles. The zero-order valence-corrected chi connectivity index (χ0v) is 19.7. The third kappa shape index (κ3) is 4.05. The number of thiocarbonyl (C=S) groups is 1. The van der Waals surface area contributed by atoms with Gasteiger partial charge in [-0.1, -0.05) is 72.5 Å². The van der Waals surface area contributed by atoms with Gasteiger partial charge >= 0.3 is 0 Å². The van der Waals surface area contributed by atoms with Crippen molar-refractivity contribution < 1.29 is 4.79 Å². The van der Waals surface area contributed by atoms with Crippen LogP contribution in [-0.2, 0) is 4.79 Å². The molecule has 4 nitrogen and oxygen atoms in total. The summed E-state index contributed by atoms with van der Waals surface area (Å²) in [6.45, 7) is 4.02. The lowest BCUT2D eigenvalue weighted by Crippen LogP contribution is -2.31. The van der Waals surface area contributed by atoms with E-state index in [4.69, 9.17) is 17.2 Å². The highest BCUT2D eigenvalue weighted by molar-refractivity contribution is 8.26. The van der Waals surface area contributed by atoms with Gasteiger partial charge in [0.2, 0.25) is 0 Å². The van der Waals surface area contributed by atoms with Crippen molar-refractivity contribution in [2.75, 3.05) is 18.0 Å². The van der Waals surface area contributed by atoms with Crippen LogP contribution in [0.25, 0.3) is 17.0 Å². The third-order valence-electron chi connectivity index (χ3n) is 6.17. The van der Waals surface area contributed by atoms with E-state index >= 15 is 0 Å². The monoisotopic (exact) mass is 459 g/mol. The summed E-state index contributed by atoms with van der Waals surface area (Å²) in [5.74, 6) is 0.930. The van der Waals surface area contributed by atoms with Crippen molar-refractivity contribution in [3.63, 3.8) is 0 Å². The van der Waals surface area contributed by atoms with Gasteiger partial charge in [0, 0.05) is 24.0 Å². The van der Waals surface area contributed by atoms with Gasteiger partial charge < -0.3 is 4.90 Å². The number of pyridine rings is 1. The minimum absolute atomic E-state index is 0.0332. The fourth-order valence-corrected chi connectivity index (χ4v) is 5.83. The van der Waals surface area contributed by atoms with E-state index in [1.807, 2.05) is 61.5 Å². The van der Waals surface area contributed by atoms with Crippen LogP contribution in [0.4, 0.5) is 5.82 Å². The zero-order chi connectivity index (χ0) is 22.1. The number of nitrogens with zero attached hydrogens (tertiary/aromatic N) is 3. The lowest BCUT2D eigenvalue weighted by Gasteiger charge is -2.29. The maximum Gasteiger partial charge on any atom is 0.266 e. The second-order valence-corrected chi connectivity index (χ2v) is 9.96. The maximum atomic E-state index is 13.4. The number of carbonyl (C=O) groups is 1. The number of carbonyl (C=O) groups excluding carboxylic acids is 1. The molecule has 0 bridgehead atoms. The largest absolute Gasteiger partial charge is 0.356 e. The van der Waals surface area contributed by atoms with Crippen LogP contribution in [0.2, 0.25) is 0 Å². The predicted molar refractivity (Wildman–Crippen MR) is 138 cm³/mol. The summed E-state index contributed by atoms with van der Waals surface area (Å²) < 4.78 is 0.603. The molecule has 1 aromatic heterocycles. The van der Waals surface area contributed by atoms with E-state index in [0.717, 1.165) is 40.9 Å². The van der Waals surface area contributed by atoms with Gasteiger partial charge in [-0.05, 0) is 50.0 Å². The number of piperidine rings is 1. The number of aromatic nitrogens is 1. The first kappa shape index (κ1) is 21.2. The summed E-state index contributed by atoms with van der Waals surface area (Å²) in [4.78, 5) is 23.2. The quantitative estimate of drug-likeness (QED) is 0.344. The van der Waals surface area contributed by atoms with Crippen LogP contribution in [0.15, 0.2) is 65.6 Å². The van der Waals surface area contributed by atoms with E-state index in [2.05, 4.69) is 17.0 Å². The van der Waals surface area contributed by atoms with E-state index in [1.54, 1.807) is 4.90 Å². The van der Waals surface area contributed by atoms with Crippen LogP contribution in [0.3, 0.4) is 0 Å². The minimum atomic E-state index is -0.106. The number of hydrogen-bond acceptors (Lipinski definition) is 5. The number of hydrogen-bond donors (Lipinski definition) is 0. The van der Waals surface area contributed by atoms with Crippen molar-refractivity contribution in [2.24, 2.45) is 0 Å². The van der Waals surface area contributed by atoms with E-state index in [0.29, 0.717) is 9.23 Å². The average Bonchev–Trinajstić information content (AvgIpc) is 3.11. The molecule has 6 heteroatoms. The number of thioether (sulfide) groups is 1. The number of fused-ring (bicyclic) bond motifs is 1. The summed E-state index contributed by atoms with van der Waals surface area (Å²) >= 11 is 7.01. The van der Waals surface area contributed by atoms with Crippen molar-refractivity contribution in [1.82, 2.24) is 9.88 Å². The normalized spacial score (nSPS) is 19.2. The Labute approximate surface area is 198 Å². The molecule has 5 rings (SSSR count). The Balaban J connectivity index is 1.53. The summed E-state index contributed by atoms with van der Waals surface area (Å²) in [6.07, 6.45) is 5.59. The van der Waals surface area contributed by atoms with Crippen LogP contribution in [0.1, 0.15) is 43.4 Å². The van der Waals surface area contributed by atoms with Crippen molar-refractivity contribution in [3.05, 3.63) is 76.7 Å². The van der Waals surface area contributed by atoms with Gasteiger partial charge in [-0.15, -0.1) is 0 Å². The number of anilines is 1. The van der Waals surface area contributed by atoms with E-state index in [1.165, 1.54) is 31.0 Å². The SMILES string of the molecule is CC(c1ccccc1)N1C(=O)/C(=C/c2cc3ccccc3nc2N2CCCCC2)SC1=S. The second kappa shape index (κ2) is 9.04. The molecular formula is C26H25N3OS2. The fraction of sp³-hybridized carbons (Fsp3) is 0.269. The van der Waals surface area contributed by atoms with Crippen LogP contribution in [0.5, 0.6) is 0 Å². The van der Waals surface area contributed by atoms with E-state index < -0.39 is 0 Å². The van der Waals surface area contributed by atoms with Crippen molar-refractivity contribution >= 4 is 57.0 Å². The number of rotatable bonds is 4. The first-order chi connectivity index (χ1) is 15.6. The average molecular weight is 460 g/mol. The molecule has 1 atom stereocenters. The van der Waals surface area contributed by atoms with Crippen LogP contribution < -0.4 is 4.90 Å². The number of para-hydroxylation sites is 1. The fourth-order valence-electron chi connectivity index (χ4n) is 4.42. The summed E-state index contributed by atoms with van der Waals surface area (Å²) in [6, 6.07) is 20.2. The highest BCUT2D eigenvalue weighted by atomic mass is 32.2. The molecule has 32 heavy (non-hydrogen) atoms. The molecule has 0 radical (unpaired) electrons. The maximum absolute atomic E-state index is 13.4. The molecular weight excluding hydrogens is 434 g/mol. The Kier molecular flexibility index (Phi) is 5.98. The molecule has 3 heterocycles. The molecule has 0 N–H and O–H groups in total. The standard InChI is InChI=1S/C26H25N3OS2/c1-18(19-10-4-2-5-11-19)29-25(30)23(32-26(29)31)17-21-16-20-12-6-7-13-22(20)27-24(21)28-14-8-3-9-15-28/h2,4-7,10-13,16-18H,3,8-9,14-15H2,1H3/b23-17-. The van der Waals surface area contributed by atoms with E-state index in [9.17, 15) is 4.79 Å². The lowest BCUT2D eigenvalue weighted by molar-refractivity contribution is -0.123. The first-order valence-electron chi connectivity index (χ1n) is 11.1. The summed E-state index contributed by atoms with van der Waals surface area (Å²) in [5.41, 5.74) is 3.04. The molecule has 1 amide bonds. The van der Waals surface area contributed by atoms with Crippen LogP contribution in [-0.4, -0.2) is 33.2 Å². The smallest absolute Gasteiger partial charge is 0.266 e. The Morgan fingerprint density at radius 2 is 1.75 bits per heavy atom. The van der Waals surface area contributed by atoms with Gasteiger partial charge in [0.25, 0.3) is 5.91 Å². The lowest BCUT2D eigenvalue weighted by atomic mass is 10.1. The molecule has 2 saturated heterocycles. The molecule has 2 aromatic carbocycles. The Morgan fingerprint density at radius 1 is 1.03 bits per heavy atom. The number of benzene rings is 2. The topological polar surface area (TPSA) is 36.4 Å². The highest BCUT2D eigenvalue weighted by Crippen LogP contribution is 2.39. The predicted octanol–water partition coefficient (Wildman–Crippen LogP) is 6.19. The van der Waals surface area contributed by atoms with Crippen LogP contribution >= 0.6 is 24.0 Å². The first-order valence-corrected chi connectivity index (χ1v) is 12.3. The molecule has 1 unspecified atom stereocenters. The van der Waals surface area contributed by atoms with Gasteiger partial charge in [-0.2, -0.15) is 0 Å². The molecule has 3 aromatic rings. The Bertz CT molecular complexity index is 1200. The van der Waals surface area contributed by atoms with Crippen molar-refractivity contribution in [1.29, 1.82) is 0 Å². The molecule has 2 aliphatic rings. The van der Waals surface area contributed by atoms with Gasteiger partial charge in [-0.3, -0.25) is 9.69 Å². The van der Waals surface area contributed by atoms with E-state index in [-0.39, 0.29) is 11.9 Å². The van der Waals surface area contributed by atoms with Gasteiger partial charge in [0.15, 0.2) is 0 Å². The molecule has 0 saturated carbocycles. The molecule has 2 fully saturated rings. The Morgan fingerprint density at radius 3 is 2.53 bits per heavy atom. The zero-order valence-electron chi connectivity index (χ0n) is 18.0. The van der Waals surface area contributed by atoms with Crippen molar-refractivity contribution in [3.8, 4) is 0 Å². The summed E-state index contributed by atoms with van der Waals surface area (Å²) in [5, 5.41) is 1.08. The van der Waals surface area contributed by atoms with Gasteiger partial charge in [-0.25, -0.2) is 4.98 Å². The molecule has 2 aliphatic heterocycles. The Hall–Kier alpha value is -2.70. The minimum Gasteiger partial charge on any atom is -0.356 e. The van der Waals surface area contributed by atoms with Crippen molar-refractivity contribution in [2.45, 2.75) is 32.2 Å². The number of amides is 1. The molecule has 162 valence electrons. The third-order valence-corrected chi connectivity index (χ3v) is 7.50. The van der Waals surface area contributed by atoms with Gasteiger partial charge in [0.1, 0.15) is 10.1 Å². The van der Waals surface area contributed by atoms with Crippen LogP contribution in [0, 0.1) is 0 Å². The summed E-state index contributed by atoms with van der Waals surface area (Å²) in [7, 11) is 0. The highest BCUT2D eigenvalue weighted by Gasteiger charge is 2.36. The molecule has 0 spiro atoms. The van der Waals surface area contributed by atoms with Gasteiger partial charge in [0.05, 0.1) is 16.5 Å².